The average Bonchev–Trinajstić information content (AvgIpc) is 3.16. The van der Waals surface area contributed by atoms with E-state index in [-0.39, 0.29) is 11.6 Å². The SMILES string of the molecule is O=C(c1ccc(F)c(C(F)(F)F)c1Cl)N1[C@@H]2CCC[C@H]1c1nnc(-c3ccccn3)n1C2. The summed E-state index contributed by atoms with van der Waals surface area (Å²) in [7, 11) is 0. The van der Waals surface area contributed by atoms with Crippen molar-refractivity contribution in [3.63, 3.8) is 0 Å². The first-order valence-corrected chi connectivity index (χ1v) is 10.4. The van der Waals surface area contributed by atoms with Crippen LogP contribution in [0, 0.1) is 5.82 Å². The van der Waals surface area contributed by atoms with Crippen LogP contribution >= 0.6 is 11.6 Å². The Bertz CT molecular complexity index is 1200. The Morgan fingerprint density at radius 2 is 1.94 bits per heavy atom. The first-order valence-electron chi connectivity index (χ1n) is 9.99. The molecule has 2 aromatic heterocycles. The zero-order valence-corrected chi connectivity index (χ0v) is 17.2. The summed E-state index contributed by atoms with van der Waals surface area (Å²) < 4.78 is 55.7. The van der Waals surface area contributed by atoms with Gasteiger partial charge in [0, 0.05) is 12.7 Å². The van der Waals surface area contributed by atoms with E-state index in [0.29, 0.717) is 42.8 Å². The highest BCUT2D eigenvalue weighted by atomic mass is 35.5. The second-order valence-corrected chi connectivity index (χ2v) is 8.18. The predicted octanol–water partition coefficient (Wildman–Crippen LogP) is 4.90. The molecule has 0 spiro atoms. The minimum absolute atomic E-state index is 0.289. The number of pyridine rings is 1. The van der Waals surface area contributed by atoms with Gasteiger partial charge in [0.1, 0.15) is 17.1 Å². The molecule has 166 valence electrons. The lowest BCUT2D eigenvalue weighted by Crippen LogP contribution is -2.52. The molecule has 1 amide bonds. The smallest absolute Gasteiger partial charge is 0.324 e. The molecule has 1 aromatic carbocycles. The second-order valence-electron chi connectivity index (χ2n) is 7.80. The maximum absolute atomic E-state index is 13.9. The van der Waals surface area contributed by atoms with Crippen LogP contribution in [0.15, 0.2) is 36.5 Å². The van der Waals surface area contributed by atoms with Crippen molar-refractivity contribution in [1.82, 2.24) is 24.6 Å². The van der Waals surface area contributed by atoms with Gasteiger partial charge in [-0.1, -0.05) is 17.7 Å². The second kappa shape index (κ2) is 7.54. The van der Waals surface area contributed by atoms with Crippen molar-refractivity contribution in [1.29, 1.82) is 0 Å². The van der Waals surface area contributed by atoms with E-state index in [1.165, 1.54) is 4.90 Å². The maximum Gasteiger partial charge on any atom is 0.420 e. The molecule has 3 aromatic rings. The van der Waals surface area contributed by atoms with E-state index in [1.54, 1.807) is 12.3 Å². The number of nitrogens with zero attached hydrogens (tertiary/aromatic N) is 5. The fourth-order valence-electron chi connectivity index (χ4n) is 4.57. The van der Waals surface area contributed by atoms with E-state index >= 15 is 0 Å². The summed E-state index contributed by atoms with van der Waals surface area (Å²) in [5, 5.41) is 7.61. The summed E-state index contributed by atoms with van der Waals surface area (Å²) >= 11 is 5.90. The normalized spacial score (nSPS) is 20.2. The van der Waals surface area contributed by atoms with E-state index in [2.05, 4.69) is 15.2 Å². The van der Waals surface area contributed by atoms with E-state index in [9.17, 15) is 22.4 Å². The third-order valence-electron chi connectivity index (χ3n) is 5.95. The molecule has 32 heavy (non-hydrogen) atoms. The standard InChI is InChI=1S/C21H16ClF4N5O/c22-17-12(7-8-13(23)16(17)21(24,25)26)20(32)31-11-4-3-6-15(31)19-29-28-18(30(19)10-11)14-5-1-2-9-27-14/h1-2,5,7-9,11,15H,3-4,6,10H2/t11-,15+/m1/s1. The van der Waals surface area contributed by atoms with Gasteiger partial charge in [-0.05, 0) is 43.5 Å². The Labute approximate surface area is 184 Å². The predicted molar refractivity (Wildman–Crippen MR) is 106 cm³/mol. The molecule has 4 heterocycles. The summed E-state index contributed by atoms with van der Waals surface area (Å²) in [6.45, 7) is 0.376. The van der Waals surface area contributed by atoms with Crippen LogP contribution in [0.4, 0.5) is 17.6 Å². The number of rotatable bonds is 2. The Balaban J connectivity index is 1.56. The number of benzene rings is 1. The average molecular weight is 466 g/mol. The van der Waals surface area contributed by atoms with Gasteiger partial charge in [-0.25, -0.2) is 4.39 Å². The van der Waals surface area contributed by atoms with E-state index in [4.69, 9.17) is 11.6 Å². The van der Waals surface area contributed by atoms with Crippen molar-refractivity contribution in [2.45, 2.75) is 44.1 Å². The molecule has 2 aliphatic rings. The summed E-state index contributed by atoms with van der Waals surface area (Å²) in [5.74, 6) is -1.07. The zero-order valence-electron chi connectivity index (χ0n) is 16.5. The molecule has 5 rings (SSSR count). The highest BCUT2D eigenvalue weighted by Crippen LogP contribution is 2.43. The number of alkyl halides is 3. The minimum atomic E-state index is -5.02. The summed E-state index contributed by atoms with van der Waals surface area (Å²) in [6.07, 6.45) is -1.31. The fourth-order valence-corrected chi connectivity index (χ4v) is 4.91. The van der Waals surface area contributed by atoms with Crippen LogP contribution in [0.25, 0.3) is 11.5 Å². The number of piperidine rings is 1. The van der Waals surface area contributed by atoms with Crippen LogP contribution in [-0.2, 0) is 12.7 Å². The van der Waals surface area contributed by atoms with Crippen LogP contribution in [0.2, 0.25) is 5.02 Å². The molecule has 0 aliphatic carbocycles. The molecule has 0 saturated carbocycles. The number of carbonyl (C=O) groups is 1. The Kier molecular flexibility index (Phi) is 4.92. The van der Waals surface area contributed by atoms with Gasteiger partial charge < -0.3 is 9.47 Å². The summed E-state index contributed by atoms with van der Waals surface area (Å²) in [5.41, 5.74) is -1.37. The highest BCUT2D eigenvalue weighted by molar-refractivity contribution is 6.34. The molecule has 2 bridgehead atoms. The van der Waals surface area contributed by atoms with Gasteiger partial charge in [-0.15, -0.1) is 10.2 Å². The Hall–Kier alpha value is -3.01. The van der Waals surface area contributed by atoms with Gasteiger partial charge in [0.05, 0.1) is 22.7 Å². The molecule has 6 nitrogen and oxygen atoms in total. The molecule has 11 heteroatoms. The van der Waals surface area contributed by atoms with Crippen LogP contribution in [0.5, 0.6) is 0 Å². The monoisotopic (exact) mass is 465 g/mol. The van der Waals surface area contributed by atoms with Crippen molar-refractivity contribution in [2.24, 2.45) is 0 Å². The van der Waals surface area contributed by atoms with Crippen molar-refractivity contribution in [3.05, 3.63) is 64.3 Å². The van der Waals surface area contributed by atoms with Gasteiger partial charge in [-0.3, -0.25) is 9.78 Å². The van der Waals surface area contributed by atoms with Crippen LogP contribution < -0.4 is 0 Å². The number of fused-ring (bicyclic) bond motifs is 4. The van der Waals surface area contributed by atoms with Gasteiger partial charge in [0.2, 0.25) is 0 Å². The van der Waals surface area contributed by atoms with E-state index in [0.717, 1.165) is 12.5 Å². The molecule has 1 fully saturated rings. The molecule has 0 radical (unpaired) electrons. The third kappa shape index (κ3) is 3.24. The lowest BCUT2D eigenvalue weighted by molar-refractivity contribution is -0.139. The number of hydrogen-bond acceptors (Lipinski definition) is 4. The van der Waals surface area contributed by atoms with Crippen LogP contribution in [0.3, 0.4) is 0 Å². The topological polar surface area (TPSA) is 63.9 Å². The molecular weight excluding hydrogens is 450 g/mol. The Morgan fingerprint density at radius 3 is 2.66 bits per heavy atom. The van der Waals surface area contributed by atoms with Crippen LogP contribution in [0.1, 0.15) is 47.1 Å². The zero-order chi connectivity index (χ0) is 22.6. The number of halogens is 5. The van der Waals surface area contributed by atoms with E-state index in [1.807, 2.05) is 16.7 Å². The molecule has 1 saturated heterocycles. The van der Waals surface area contributed by atoms with Crippen molar-refractivity contribution in [2.75, 3.05) is 0 Å². The van der Waals surface area contributed by atoms with Crippen molar-refractivity contribution >= 4 is 17.5 Å². The lowest BCUT2D eigenvalue weighted by Gasteiger charge is -2.45. The van der Waals surface area contributed by atoms with Gasteiger partial charge in [-0.2, -0.15) is 13.2 Å². The number of hydrogen-bond donors (Lipinski definition) is 0. The molecule has 0 N–H and O–H groups in total. The Morgan fingerprint density at radius 1 is 1.12 bits per heavy atom. The van der Waals surface area contributed by atoms with Crippen molar-refractivity contribution in [3.8, 4) is 11.5 Å². The quantitative estimate of drug-likeness (QED) is 0.505. The molecule has 0 unspecified atom stereocenters. The molecule has 2 atom stereocenters. The molecule has 2 aliphatic heterocycles. The van der Waals surface area contributed by atoms with Crippen molar-refractivity contribution < 1.29 is 22.4 Å². The van der Waals surface area contributed by atoms with Gasteiger partial charge in [0.15, 0.2) is 11.6 Å². The van der Waals surface area contributed by atoms with Gasteiger partial charge >= 0.3 is 6.18 Å². The number of carbonyl (C=O) groups excluding carboxylic acids is 1. The first kappa shape index (κ1) is 20.9. The fraction of sp³-hybridized carbons (Fsp3) is 0.333. The number of aromatic nitrogens is 4. The van der Waals surface area contributed by atoms with Crippen LogP contribution in [-0.4, -0.2) is 36.6 Å². The number of amides is 1. The maximum atomic E-state index is 13.9. The first-order chi connectivity index (χ1) is 15.3. The summed E-state index contributed by atoms with van der Waals surface area (Å²) in [6, 6.07) is 6.29. The highest BCUT2D eigenvalue weighted by Gasteiger charge is 2.45. The summed E-state index contributed by atoms with van der Waals surface area (Å²) in [4.78, 5) is 19.2. The third-order valence-corrected chi connectivity index (χ3v) is 6.34. The largest absolute Gasteiger partial charge is 0.420 e. The molecular formula is C21H16ClF4N5O. The minimum Gasteiger partial charge on any atom is -0.324 e. The van der Waals surface area contributed by atoms with Gasteiger partial charge in [0.25, 0.3) is 5.91 Å². The van der Waals surface area contributed by atoms with E-state index < -0.39 is 34.5 Å². The lowest BCUT2D eigenvalue weighted by atomic mass is 9.90.